The molecule has 0 unspecified atom stereocenters. The maximum Gasteiger partial charge on any atom is 0.243 e. The summed E-state index contributed by atoms with van der Waals surface area (Å²) in [6, 6.07) is 6.51. The Bertz CT molecular complexity index is 1030. The molecule has 3 rings (SSSR count). The van der Waals surface area contributed by atoms with E-state index in [9.17, 15) is 18.0 Å². The zero-order valence-corrected chi connectivity index (χ0v) is 16.5. The molecule has 0 radical (unpaired) electrons. The first kappa shape index (κ1) is 20.2. The summed E-state index contributed by atoms with van der Waals surface area (Å²) in [5, 5.41) is 3.74. The van der Waals surface area contributed by atoms with Crippen molar-refractivity contribution in [3.63, 3.8) is 0 Å². The van der Waals surface area contributed by atoms with Crippen molar-refractivity contribution in [3.8, 4) is 0 Å². The number of hydrogen-bond acceptors (Lipinski definition) is 5. The highest BCUT2D eigenvalue weighted by Crippen LogP contribution is 2.29. The van der Waals surface area contributed by atoms with Gasteiger partial charge in [-0.15, -0.1) is 0 Å². The van der Waals surface area contributed by atoms with Crippen LogP contribution in [-0.4, -0.2) is 67.1 Å². The van der Waals surface area contributed by atoms with E-state index in [1.54, 1.807) is 18.2 Å². The van der Waals surface area contributed by atoms with E-state index in [0.29, 0.717) is 10.8 Å². The maximum atomic E-state index is 13.1. The number of sulfonamides is 1. The third kappa shape index (κ3) is 4.01. The van der Waals surface area contributed by atoms with E-state index in [1.165, 1.54) is 21.5 Å². The number of rotatable bonds is 5. The Labute approximate surface area is 167 Å². The van der Waals surface area contributed by atoms with Gasteiger partial charge in [0.25, 0.3) is 0 Å². The zero-order chi connectivity index (χ0) is 20.3. The Hall–Kier alpha value is -2.49. The fourth-order valence-electron chi connectivity index (χ4n) is 3.03. The molecule has 8 nitrogen and oxygen atoms in total. The smallest absolute Gasteiger partial charge is 0.243 e. The van der Waals surface area contributed by atoms with Crippen LogP contribution in [-0.2, 0) is 19.6 Å². The molecule has 2 amide bonds. The van der Waals surface area contributed by atoms with E-state index in [2.05, 4.69) is 16.9 Å². The molecule has 0 aliphatic carbocycles. The van der Waals surface area contributed by atoms with Gasteiger partial charge in [-0.1, -0.05) is 30.3 Å². The Morgan fingerprint density at radius 3 is 2.57 bits per heavy atom. The van der Waals surface area contributed by atoms with Gasteiger partial charge in [0.05, 0.1) is 11.4 Å². The Kier molecular flexibility index (Phi) is 5.97. The summed E-state index contributed by atoms with van der Waals surface area (Å²) >= 11 is 6.08. The van der Waals surface area contributed by atoms with Gasteiger partial charge in [-0.05, 0) is 18.2 Å². The van der Waals surface area contributed by atoms with Crippen LogP contribution in [0.2, 0.25) is 5.15 Å². The number of hydrogen-bond donors (Lipinski definition) is 1. The van der Waals surface area contributed by atoms with Crippen molar-refractivity contribution in [1.82, 2.24) is 19.5 Å². The van der Waals surface area contributed by atoms with Crippen molar-refractivity contribution in [2.24, 2.45) is 0 Å². The average molecular weight is 423 g/mol. The van der Waals surface area contributed by atoms with E-state index >= 15 is 0 Å². The van der Waals surface area contributed by atoms with Gasteiger partial charge in [0, 0.05) is 43.1 Å². The first-order chi connectivity index (χ1) is 13.3. The lowest BCUT2D eigenvalue weighted by Crippen LogP contribution is -2.52. The summed E-state index contributed by atoms with van der Waals surface area (Å²) < 4.78 is 27.6. The van der Waals surface area contributed by atoms with Crippen LogP contribution in [0.1, 0.15) is 0 Å². The first-order valence-corrected chi connectivity index (χ1v) is 10.4. The number of amides is 2. The number of carbonyl (C=O) groups is 2. The Balaban J connectivity index is 1.74. The fourth-order valence-corrected chi connectivity index (χ4v) is 4.88. The Morgan fingerprint density at radius 1 is 1.18 bits per heavy atom. The number of halogens is 1. The first-order valence-electron chi connectivity index (χ1n) is 8.56. The van der Waals surface area contributed by atoms with Crippen LogP contribution in [0.15, 0.2) is 48.0 Å². The van der Waals surface area contributed by atoms with Gasteiger partial charge in [0.1, 0.15) is 5.15 Å². The van der Waals surface area contributed by atoms with E-state index in [1.807, 2.05) is 0 Å². The normalized spacial score (nSPS) is 15.4. The number of piperazine rings is 1. The predicted molar refractivity (Wildman–Crippen MR) is 105 cm³/mol. The largest absolute Gasteiger partial charge is 0.343 e. The minimum absolute atomic E-state index is 0.146. The summed E-state index contributed by atoms with van der Waals surface area (Å²) in [5.41, 5.74) is 0. The molecule has 0 saturated carbocycles. The molecule has 28 heavy (non-hydrogen) atoms. The third-order valence-corrected chi connectivity index (χ3v) is 6.78. The molecule has 1 N–H and O–H groups in total. The van der Waals surface area contributed by atoms with Gasteiger partial charge in [-0.25, -0.2) is 13.4 Å². The van der Waals surface area contributed by atoms with Gasteiger partial charge in [0.15, 0.2) is 0 Å². The second-order valence-electron chi connectivity index (χ2n) is 6.16. The summed E-state index contributed by atoms with van der Waals surface area (Å²) in [6.07, 6.45) is 2.56. The van der Waals surface area contributed by atoms with E-state index in [4.69, 9.17) is 11.6 Å². The van der Waals surface area contributed by atoms with Gasteiger partial charge in [0.2, 0.25) is 21.8 Å². The van der Waals surface area contributed by atoms with Crippen molar-refractivity contribution < 1.29 is 18.0 Å². The topological polar surface area (TPSA) is 99.7 Å². The highest BCUT2D eigenvalue weighted by atomic mass is 35.5. The van der Waals surface area contributed by atoms with Crippen molar-refractivity contribution in [2.45, 2.75) is 4.90 Å². The van der Waals surface area contributed by atoms with E-state index in [0.717, 1.165) is 6.08 Å². The van der Waals surface area contributed by atoms with Gasteiger partial charge < -0.3 is 10.2 Å². The molecule has 1 aliphatic heterocycles. The van der Waals surface area contributed by atoms with E-state index in [-0.39, 0.29) is 48.7 Å². The van der Waals surface area contributed by atoms with Crippen molar-refractivity contribution in [1.29, 1.82) is 0 Å². The number of nitrogens with one attached hydrogen (secondary N) is 1. The lowest BCUT2D eigenvalue weighted by Gasteiger charge is -2.34. The third-order valence-electron chi connectivity index (χ3n) is 4.53. The standard InChI is InChI=1S/C18H19ClN4O4S/c1-2-16(24)21-12-17(25)22-8-10-23(11-9-22)28(26,27)15-5-3-4-14-13(15)6-7-20-18(14)19/h2-7H,1,8-12H2,(H,21,24). The number of benzene rings is 1. The summed E-state index contributed by atoms with van der Waals surface area (Å²) in [4.78, 5) is 29.0. The molecule has 1 aliphatic rings. The minimum atomic E-state index is -3.76. The number of pyridine rings is 1. The molecular formula is C18H19ClN4O4S. The van der Waals surface area contributed by atoms with Crippen LogP contribution in [0.4, 0.5) is 0 Å². The number of carbonyl (C=O) groups excluding carboxylic acids is 2. The SMILES string of the molecule is C=CC(=O)NCC(=O)N1CCN(S(=O)(=O)c2cccc3c(Cl)nccc23)CC1. The second-order valence-corrected chi connectivity index (χ2v) is 8.42. The van der Waals surface area contributed by atoms with Crippen LogP contribution in [0.3, 0.4) is 0 Å². The fraction of sp³-hybridized carbons (Fsp3) is 0.278. The summed E-state index contributed by atoms with van der Waals surface area (Å²) in [5.74, 6) is -0.700. The molecule has 1 aromatic heterocycles. The molecule has 1 fully saturated rings. The number of nitrogens with zero attached hydrogens (tertiary/aromatic N) is 3. The van der Waals surface area contributed by atoms with E-state index < -0.39 is 15.9 Å². The summed E-state index contributed by atoms with van der Waals surface area (Å²) in [6.45, 7) is 4.00. The van der Waals surface area contributed by atoms with Crippen molar-refractivity contribution in [2.75, 3.05) is 32.7 Å². The molecule has 10 heteroatoms. The predicted octanol–water partition coefficient (Wildman–Crippen LogP) is 1.02. The maximum absolute atomic E-state index is 13.1. The van der Waals surface area contributed by atoms with Gasteiger partial charge in [-0.2, -0.15) is 4.31 Å². The molecule has 1 saturated heterocycles. The highest BCUT2D eigenvalue weighted by Gasteiger charge is 2.31. The Morgan fingerprint density at radius 2 is 1.89 bits per heavy atom. The molecule has 0 spiro atoms. The zero-order valence-electron chi connectivity index (χ0n) is 15.0. The molecule has 0 atom stereocenters. The minimum Gasteiger partial charge on any atom is -0.343 e. The molecule has 0 bridgehead atoms. The van der Waals surface area contributed by atoms with Crippen LogP contribution in [0, 0.1) is 0 Å². The summed E-state index contributed by atoms with van der Waals surface area (Å²) in [7, 11) is -3.76. The van der Waals surface area contributed by atoms with Gasteiger partial charge in [-0.3, -0.25) is 9.59 Å². The molecule has 1 aromatic carbocycles. The monoisotopic (exact) mass is 422 g/mol. The van der Waals surface area contributed by atoms with Crippen LogP contribution < -0.4 is 5.32 Å². The van der Waals surface area contributed by atoms with Crippen LogP contribution in [0.5, 0.6) is 0 Å². The van der Waals surface area contributed by atoms with Crippen molar-refractivity contribution >= 4 is 44.2 Å². The lowest BCUT2D eigenvalue weighted by molar-refractivity contribution is -0.133. The molecule has 2 heterocycles. The van der Waals surface area contributed by atoms with Gasteiger partial charge >= 0.3 is 0 Å². The number of fused-ring (bicyclic) bond motifs is 1. The molecular weight excluding hydrogens is 404 g/mol. The van der Waals surface area contributed by atoms with Crippen LogP contribution >= 0.6 is 11.6 Å². The molecule has 148 valence electrons. The molecule has 2 aromatic rings. The second kappa shape index (κ2) is 8.26. The quantitative estimate of drug-likeness (QED) is 0.573. The van der Waals surface area contributed by atoms with Crippen molar-refractivity contribution in [3.05, 3.63) is 48.3 Å². The highest BCUT2D eigenvalue weighted by molar-refractivity contribution is 7.89. The lowest BCUT2D eigenvalue weighted by atomic mass is 10.2. The average Bonchev–Trinajstić information content (AvgIpc) is 2.71. The van der Waals surface area contributed by atoms with Crippen LogP contribution in [0.25, 0.3) is 10.8 Å². The number of aromatic nitrogens is 1.